The second kappa shape index (κ2) is 11.5. The molecule has 0 amide bonds. The number of carboxylic acid groups (broad SMARTS) is 1. The van der Waals surface area contributed by atoms with Crippen molar-refractivity contribution < 1.29 is 27.8 Å². The summed E-state index contributed by atoms with van der Waals surface area (Å²) in [7, 11) is 0. The summed E-state index contributed by atoms with van der Waals surface area (Å²) >= 11 is 6.10. The Morgan fingerprint density at radius 3 is 2.50 bits per heavy atom. The van der Waals surface area contributed by atoms with E-state index in [4.69, 9.17) is 31.2 Å². The standard InChI is InChI=1S/C23H29ClN2O.C2HF3O2/c24-20-7-5-6-19(16-20)17-25-14-11-22(21-8-1-4-13-26-21)12-15-27-23(18-22)9-2-3-10-23;3-2(4,5)1(6)7/h1,4-8,13,16,25H,2-3,9-12,14-15,17-18H2;(H,6,7)/t22-;/m1./s1. The third-order valence-electron chi connectivity index (χ3n) is 6.61. The zero-order valence-corrected chi connectivity index (χ0v) is 19.7. The number of hydrogen-bond donors (Lipinski definition) is 2. The molecule has 34 heavy (non-hydrogen) atoms. The number of pyridine rings is 1. The van der Waals surface area contributed by atoms with Gasteiger partial charge >= 0.3 is 12.1 Å². The minimum Gasteiger partial charge on any atom is -0.475 e. The zero-order valence-electron chi connectivity index (χ0n) is 18.9. The van der Waals surface area contributed by atoms with Gasteiger partial charge in [0.25, 0.3) is 0 Å². The van der Waals surface area contributed by atoms with Gasteiger partial charge < -0.3 is 15.2 Å². The molecule has 1 atom stereocenters. The van der Waals surface area contributed by atoms with E-state index < -0.39 is 12.1 Å². The number of benzene rings is 1. The molecule has 1 aliphatic carbocycles. The van der Waals surface area contributed by atoms with Crippen molar-refractivity contribution in [1.29, 1.82) is 0 Å². The molecule has 186 valence electrons. The van der Waals surface area contributed by atoms with Crippen LogP contribution in [-0.4, -0.2) is 41.0 Å². The second-order valence-corrected chi connectivity index (χ2v) is 9.46. The molecule has 0 radical (unpaired) electrons. The number of hydrogen-bond acceptors (Lipinski definition) is 4. The smallest absolute Gasteiger partial charge is 0.475 e. The summed E-state index contributed by atoms with van der Waals surface area (Å²) in [6, 6.07) is 14.4. The largest absolute Gasteiger partial charge is 0.490 e. The average Bonchev–Trinajstić information content (AvgIpc) is 3.24. The van der Waals surface area contributed by atoms with E-state index in [9.17, 15) is 13.2 Å². The highest BCUT2D eigenvalue weighted by Crippen LogP contribution is 2.49. The first-order valence-electron chi connectivity index (χ1n) is 11.5. The number of carboxylic acids is 1. The van der Waals surface area contributed by atoms with Gasteiger partial charge in [-0.25, -0.2) is 4.79 Å². The van der Waals surface area contributed by atoms with Crippen molar-refractivity contribution in [1.82, 2.24) is 10.3 Å². The van der Waals surface area contributed by atoms with Crippen LogP contribution in [0.15, 0.2) is 48.7 Å². The van der Waals surface area contributed by atoms with Gasteiger partial charge in [-0.2, -0.15) is 13.2 Å². The predicted octanol–water partition coefficient (Wildman–Crippen LogP) is 5.91. The molecule has 9 heteroatoms. The number of alkyl halides is 3. The highest BCUT2D eigenvalue weighted by molar-refractivity contribution is 6.30. The molecule has 2 fully saturated rings. The minimum absolute atomic E-state index is 0.0860. The number of aliphatic carboxylic acids is 1. The van der Waals surface area contributed by atoms with Crippen molar-refractivity contribution in [3.8, 4) is 0 Å². The monoisotopic (exact) mass is 498 g/mol. The average molecular weight is 499 g/mol. The van der Waals surface area contributed by atoms with Crippen LogP contribution in [0.5, 0.6) is 0 Å². The fraction of sp³-hybridized carbons (Fsp3) is 0.520. The van der Waals surface area contributed by atoms with E-state index in [0.717, 1.165) is 44.0 Å². The van der Waals surface area contributed by atoms with Gasteiger partial charge in [-0.05, 0) is 68.5 Å². The molecule has 1 aliphatic heterocycles. The topological polar surface area (TPSA) is 71.5 Å². The van der Waals surface area contributed by atoms with Gasteiger partial charge in [0.05, 0.1) is 5.60 Å². The summed E-state index contributed by atoms with van der Waals surface area (Å²) < 4.78 is 38.1. The Morgan fingerprint density at radius 1 is 1.15 bits per heavy atom. The Bertz CT molecular complexity index is 937. The van der Waals surface area contributed by atoms with Crippen molar-refractivity contribution in [3.05, 3.63) is 64.9 Å². The lowest BCUT2D eigenvalue weighted by Gasteiger charge is -2.46. The first-order valence-corrected chi connectivity index (χ1v) is 11.8. The summed E-state index contributed by atoms with van der Waals surface area (Å²) in [6.07, 6.45) is 5.12. The van der Waals surface area contributed by atoms with Crippen molar-refractivity contribution in [2.75, 3.05) is 13.2 Å². The number of nitrogens with zero attached hydrogens (tertiary/aromatic N) is 1. The van der Waals surface area contributed by atoms with Crippen LogP contribution in [-0.2, 0) is 21.5 Å². The molecule has 2 heterocycles. The number of carbonyl (C=O) groups is 1. The van der Waals surface area contributed by atoms with Crippen LogP contribution in [0, 0.1) is 0 Å². The third-order valence-corrected chi connectivity index (χ3v) is 6.85. The Balaban J connectivity index is 0.000000406. The van der Waals surface area contributed by atoms with Crippen LogP contribution in [0.3, 0.4) is 0 Å². The molecule has 2 N–H and O–H groups in total. The molecular formula is C25H30ClF3N2O3. The number of rotatable bonds is 6. The van der Waals surface area contributed by atoms with E-state index >= 15 is 0 Å². The predicted molar refractivity (Wildman–Crippen MR) is 124 cm³/mol. The number of aromatic nitrogens is 1. The molecule has 2 aromatic rings. The Kier molecular flexibility index (Phi) is 8.95. The first-order chi connectivity index (χ1) is 16.1. The Morgan fingerprint density at radius 2 is 1.88 bits per heavy atom. The van der Waals surface area contributed by atoms with E-state index in [0.29, 0.717) is 0 Å². The van der Waals surface area contributed by atoms with Crippen molar-refractivity contribution in [3.63, 3.8) is 0 Å². The quantitative estimate of drug-likeness (QED) is 0.484. The molecule has 1 aromatic carbocycles. The van der Waals surface area contributed by atoms with Gasteiger partial charge in [0.1, 0.15) is 0 Å². The van der Waals surface area contributed by atoms with E-state index in [1.165, 1.54) is 36.9 Å². The lowest BCUT2D eigenvalue weighted by atomic mass is 9.68. The molecule has 0 bridgehead atoms. The molecular weight excluding hydrogens is 469 g/mol. The van der Waals surface area contributed by atoms with Gasteiger partial charge in [-0.1, -0.05) is 42.6 Å². The maximum absolute atomic E-state index is 10.6. The maximum Gasteiger partial charge on any atom is 0.490 e. The fourth-order valence-electron chi connectivity index (χ4n) is 5.00. The lowest BCUT2D eigenvalue weighted by Crippen LogP contribution is -2.47. The van der Waals surface area contributed by atoms with Crippen LogP contribution >= 0.6 is 11.6 Å². The van der Waals surface area contributed by atoms with Crippen LogP contribution in [0.2, 0.25) is 5.02 Å². The summed E-state index contributed by atoms with van der Waals surface area (Å²) in [5, 5.41) is 11.5. The first kappa shape index (κ1) is 26.4. The van der Waals surface area contributed by atoms with E-state index in [2.05, 4.69) is 23.5 Å². The third kappa shape index (κ3) is 7.17. The van der Waals surface area contributed by atoms with Crippen LogP contribution in [0.4, 0.5) is 13.2 Å². The normalized spacial score (nSPS) is 21.6. The van der Waals surface area contributed by atoms with Gasteiger partial charge in [0, 0.05) is 35.5 Å². The van der Waals surface area contributed by atoms with Crippen LogP contribution < -0.4 is 5.32 Å². The van der Waals surface area contributed by atoms with E-state index in [1.54, 1.807) is 0 Å². The molecule has 1 saturated heterocycles. The molecule has 4 rings (SSSR count). The second-order valence-electron chi connectivity index (χ2n) is 9.02. The van der Waals surface area contributed by atoms with E-state index in [1.807, 2.05) is 30.5 Å². The molecule has 5 nitrogen and oxygen atoms in total. The fourth-order valence-corrected chi connectivity index (χ4v) is 5.22. The Hall–Kier alpha value is -2.16. The number of nitrogens with one attached hydrogen (secondary N) is 1. The molecule has 2 aliphatic rings. The molecule has 1 aromatic heterocycles. The molecule has 0 unspecified atom stereocenters. The zero-order chi connectivity index (χ0) is 24.7. The maximum atomic E-state index is 10.6. The van der Waals surface area contributed by atoms with Gasteiger partial charge in [0.2, 0.25) is 0 Å². The van der Waals surface area contributed by atoms with Crippen molar-refractivity contribution in [2.24, 2.45) is 0 Å². The summed E-state index contributed by atoms with van der Waals surface area (Å²) in [5.74, 6) is -2.76. The highest BCUT2D eigenvalue weighted by atomic mass is 35.5. The molecule has 1 spiro atoms. The summed E-state index contributed by atoms with van der Waals surface area (Å²) in [5.41, 5.74) is 2.67. The summed E-state index contributed by atoms with van der Waals surface area (Å²) in [4.78, 5) is 13.7. The number of ether oxygens (including phenoxy) is 1. The Labute approximate surface area is 202 Å². The van der Waals surface area contributed by atoms with Crippen molar-refractivity contribution in [2.45, 2.75) is 68.7 Å². The van der Waals surface area contributed by atoms with E-state index in [-0.39, 0.29) is 11.0 Å². The molecule has 1 saturated carbocycles. The van der Waals surface area contributed by atoms with Crippen molar-refractivity contribution >= 4 is 17.6 Å². The minimum atomic E-state index is -5.08. The van der Waals surface area contributed by atoms with Gasteiger partial charge in [-0.15, -0.1) is 0 Å². The number of halogens is 4. The SMILES string of the molecule is Clc1cccc(CNCC[C@@]2(c3ccccn3)CCOC3(CCCC3)C2)c1.O=C(O)C(F)(F)F. The van der Waals surface area contributed by atoms with Crippen LogP contribution in [0.25, 0.3) is 0 Å². The van der Waals surface area contributed by atoms with Crippen LogP contribution in [0.1, 0.15) is 56.2 Å². The highest BCUT2D eigenvalue weighted by Gasteiger charge is 2.48. The van der Waals surface area contributed by atoms with Gasteiger partial charge in [0.15, 0.2) is 0 Å². The lowest BCUT2D eigenvalue weighted by molar-refractivity contribution is -0.192. The summed E-state index contributed by atoms with van der Waals surface area (Å²) in [6.45, 7) is 2.67. The van der Waals surface area contributed by atoms with Gasteiger partial charge in [-0.3, -0.25) is 4.98 Å².